The molecule has 0 aliphatic carbocycles. The minimum Gasteiger partial charge on any atom is -0.352 e. The third kappa shape index (κ3) is 5.05. The predicted octanol–water partition coefficient (Wildman–Crippen LogP) is 3.33. The lowest BCUT2D eigenvalue weighted by molar-refractivity contribution is -0.120. The fourth-order valence-electron chi connectivity index (χ4n) is 2.60. The fourth-order valence-corrected chi connectivity index (χ4v) is 4.02. The molecule has 0 heterocycles. The van der Waals surface area contributed by atoms with Crippen LogP contribution in [0.15, 0.2) is 59.5 Å². The monoisotopic (exact) mass is 378 g/mol. The minimum atomic E-state index is -4.01. The highest BCUT2D eigenvalue weighted by atomic mass is 32.2. The van der Waals surface area contributed by atoms with Crippen LogP contribution < -0.4 is 9.62 Å². The Morgan fingerprint density at radius 3 is 2.31 bits per heavy atom. The first-order chi connectivity index (χ1) is 12.3. The first-order valence-electron chi connectivity index (χ1n) is 8.47. The van der Waals surface area contributed by atoms with E-state index in [0.29, 0.717) is 5.69 Å². The first-order valence-corrected chi connectivity index (χ1v) is 9.91. The highest BCUT2D eigenvalue weighted by Gasteiger charge is 2.27. The van der Waals surface area contributed by atoms with Crippen molar-refractivity contribution < 1.29 is 17.6 Å². The number of rotatable bonds is 8. The highest BCUT2D eigenvalue weighted by molar-refractivity contribution is 7.92. The van der Waals surface area contributed by atoms with Crippen molar-refractivity contribution in [2.45, 2.75) is 37.6 Å². The molecule has 1 unspecified atom stereocenters. The Morgan fingerprint density at radius 1 is 1.12 bits per heavy atom. The zero-order chi connectivity index (χ0) is 19.2. The van der Waals surface area contributed by atoms with E-state index in [1.807, 2.05) is 13.8 Å². The highest BCUT2D eigenvalue weighted by Crippen LogP contribution is 2.23. The van der Waals surface area contributed by atoms with E-state index in [-0.39, 0.29) is 23.4 Å². The first kappa shape index (κ1) is 19.9. The number of halogens is 1. The van der Waals surface area contributed by atoms with Gasteiger partial charge in [0.1, 0.15) is 12.4 Å². The zero-order valence-electron chi connectivity index (χ0n) is 14.9. The van der Waals surface area contributed by atoms with Crippen LogP contribution in [0.4, 0.5) is 10.1 Å². The van der Waals surface area contributed by atoms with Gasteiger partial charge in [0.2, 0.25) is 5.91 Å². The van der Waals surface area contributed by atoms with E-state index < -0.39 is 15.8 Å². The summed E-state index contributed by atoms with van der Waals surface area (Å²) in [5.41, 5.74) is 0.370. The number of nitrogens with one attached hydrogen (secondary N) is 1. The average Bonchev–Trinajstić information content (AvgIpc) is 2.61. The summed E-state index contributed by atoms with van der Waals surface area (Å²) < 4.78 is 40.2. The quantitative estimate of drug-likeness (QED) is 0.766. The molecule has 0 aliphatic rings. The average molecular weight is 378 g/mol. The molecule has 0 bridgehead atoms. The number of amides is 1. The third-order valence-electron chi connectivity index (χ3n) is 3.86. The molecule has 140 valence electrons. The van der Waals surface area contributed by atoms with Crippen LogP contribution in [-0.4, -0.2) is 26.9 Å². The molecule has 0 aliphatic heterocycles. The van der Waals surface area contributed by atoms with Gasteiger partial charge in [0.25, 0.3) is 10.0 Å². The molecule has 1 amide bonds. The minimum absolute atomic E-state index is 0.0429. The molecule has 2 rings (SSSR count). The van der Waals surface area contributed by atoms with E-state index in [9.17, 15) is 17.6 Å². The molecule has 0 spiro atoms. The maximum Gasteiger partial charge on any atom is 0.264 e. The van der Waals surface area contributed by atoms with Crippen molar-refractivity contribution in [3.8, 4) is 0 Å². The normalized spacial score (nSPS) is 12.4. The van der Waals surface area contributed by atoms with Gasteiger partial charge in [0, 0.05) is 6.04 Å². The van der Waals surface area contributed by atoms with Crippen molar-refractivity contribution >= 4 is 21.6 Å². The maximum atomic E-state index is 13.2. The van der Waals surface area contributed by atoms with Crippen molar-refractivity contribution in [1.82, 2.24) is 5.32 Å². The molecule has 0 aromatic heterocycles. The van der Waals surface area contributed by atoms with Crippen LogP contribution in [0.3, 0.4) is 0 Å². The molecule has 1 atom stereocenters. The van der Waals surface area contributed by atoms with Crippen LogP contribution >= 0.6 is 0 Å². The van der Waals surface area contributed by atoms with Crippen LogP contribution in [0.5, 0.6) is 0 Å². The second kappa shape index (κ2) is 8.80. The number of anilines is 1. The molecular formula is C19H23FN2O3S. The third-order valence-corrected chi connectivity index (χ3v) is 5.65. The second-order valence-electron chi connectivity index (χ2n) is 6.06. The molecule has 0 radical (unpaired) electrons. The number of benzene rings is 2. The van der Waals surface area contributed by atoms with Crippen LogP contribution in [0, 0.1) is 5.82 Å². The summed E-state index contributed by atoms with van der Waals surface area (Å²) in [5.74, 6) is -0.915. The summed E-state index contributed by atoms with van der Waals surface area (Å²) in [5, 5.41) is 2.81. The Morgan fingerprint density at radius 2 is 1.73 bits per heavy atom. The maximum absolute atomic E-state index is 13.2. The smallest absolute Gasteiger partial charge is 0.264 e. The second-order valence-corrected chi connectivity index (χ2v) is 7.92. The van der Waals surface area contributed by atoms with Gasteiger partial charge in [0.15, 0.2) is 0 Å². The topological polar surface area (TPSA) is 66.5 Å². The predicted molar refractivity (Wildman–Crippen MR) is 99.9 cm³/mol. The lowest BCUT2D eigenvalue weighted by Gasteiger charge is -2.25. The van der Waals surface area contributed by atoms with E-state index in [1.54, 1.807) is 30.3 Å². The molecule has 0 saturated carbocycles. The number of hydrogen-bond donors (Lipinski definition) is 1. The summed E-state index contributed by atoms with van der Waals surface area (Å²) in [6, 6.07) is 12.9. The molecule has 0 saturated heterocycles. The summed E-state index contributed by atoms with van der Waals surface area (Å²) in [7, 11) is -4.01. The molecule has 1 N–H and O–H groups in total. The van der Waals surface area contributed by atoms with Crippen molar-refractivity contribution in [2.75, 3.05) is 10.8 Å². The van der Waals surface area contributed by atoms with Crippen molar-refractivity contribution in [1.29, 1.82) is 0 Å². The molecule has 26 heavy (non-hydrogen) atoms. The number of hydrogen-bond acceptors (Lipinski definition) is 3. The Hall–Kier alpha value is -2.41. The zero-order valence-corrected chi connectivity index (χ0v) is 15.7. The standard InChI is InChI=1S/C19H23FN2O3S/c1-3-7-15(2)21-19(23)14-22(17-8-5-4-6-9-17)26(24,25)18-12-10-16(20)11-13-18/h4-6,8-13,15H,3,7,14H2,1-2H3,(H,21,23). The summed E-state index contributed by atoms with van der Waals surface area (Å²) in [4.78, 5) is 12.3. The molecule has 0 fully saturated rings. The molecule has 2 aromatic carbocycles. The Bertz CT molecular complexity index is 824. The van der Waals surface area contributed by atoms with Crippen LogP contribution in [0.2, 0.25) is 0 Å². The lowest BCUT2D eigenvalue weighted by atomic mass is 10.2. The molecule has 2 aromatic rings. The number of para-hydroxylation sites is 1. The van der Waals surface area contributed by atoms with Crippen molar-refractivity contribution in [2.24, 2.45) is 0 Å². The van der Waals surface area contributed by atoms with Gasteiger partial charge in [-0.15, -0.1) is 0 Å². The van der Waals surface area contributed by atoms with E-state index in [0.717, 1.165) is 29.3 Å². The van der Waals surface area contributed by atoms with Gasteiger partial charge in [-0.25, -0.2) is 12.8 Å². The van der Waals surface area contributed by atoms with Gasteiger partial charge >= 0.3 is 0 Å². The molecule has 5 nitrogen and oxygen atoms in total. The van der Waals surface area contributed by atoms with E-state index >= 15 is 0 Å². The Labute approximate surface area is 153 Å². The van der Waals surface area contributed by atoms with Crippen molar-refractivity contribution in [3.63, 3.8) is 0 Å². The summed E-state index contributed by atoms with van der Waals surface area (Å²) in [6.45, 7) is 3.54. The number of carbonyl (C=O) groups is 1. The van der Waals surface area contributed by atoms with Gasteiger partial charge in [-0.3, -0.25) is 9.10 Å². The largest absolute Gasteiger partial charge is 0.352 e. The van der Waals surface area contributed by atoms with Gasteiger partial charge in [0.05, 0.1) is 10.6 Å². The van der Waals surface area contributed by atoms with E-state index in [2.05, 4.69) is 5.32 Å². The molecular weight excluding hydrogens is 355 g/mol. The lowest BCUT2D eigenvalue weighted by Crippen LogP contribution is -2.43. The number of sulfonamides is 1. The Balaban J connectivity index is 2.33. The van der Waals surface area contributed by atoms with Gasteiger partial charge in [-0.1, -0.05) is 31.5 Å². The van der Waals surface area contributed by atoms with Gasteiger partial charge in [-0.05, 0) is 49.7 Å². The van der Waals surface area contributed by atoms with Gasteiger partial charge in [-0.2, -0.15) is 0 Å². The molecule has 7 heteroatoms. The fraction of sp³-hybridized carbons (Fsp3) is 0.316. The number of nitrogens with zero attached hydrogens (tertiary/aromatic N) is 1. The summed E-state index contributed by atoms with van der Waals surface area (Å²) >= 11 is 0. The van der Waals surface area contributed by atoms with Crippen LogP contribution in [0.25, 0.3) is 0 Å². The number of carbonyl (C=O) groups excluding carboxylic acids is 1. The van der Waals surface area contributed by atoms with E-state index in [4.69, 9.17) is 0 Å². The SMILES string of the molecule is CCCC(C)NC(=O)CN(c1ccccc1)S(=O)(=O)c1ccc(F)cc1. The van der Waals surface area contributed by atoms with Gasteiger partial charge < -0.3 is 5.32 Å². The van der Waals surface area contributed by atoms with E-state index in [1.165, 1.54) is 12.1 Å². The Kier molecular flexibility index (Phi) is 6.74. The van der Waals surface area contributed by atoms with Crippen molar-refractivity contribution in [3.05, 3.63) is 60.4 Å². The van der Waals surface area contributed by atoms with Crippen LogP contribution in [-0.2, 0) is 14.8 Å². The summed E-state index contributed by atoms with van der Waals surface area (Å²) in [6.07, 6.45) is 1.72. The van der Waals surface area contributed by atoms with Crippen LogP contribution in [0.1, 0.15) is 26.7 Å².